The number of aliphatic hydroxyl groups excluding tert-OH is 2. The number of para-hydroxylation sites is 3. The van der Waals surface area contributed by atoms with Gasteiger partial charge in [-0.3, -0.25) is 4.79 Å². The van der Waals surface area contributed by atoms with Crippen molar-refractivity contribution in [3.63, 3.8) is 0 Å². The Morgan fingerprint density at radius 1 is 0.788 bits per heavy atom. The molecule has 12 nitrogen and oxygen atoms in total. The van der Waals surface area contributed by atoms with E-state index in [-0.39, 0.29) is 11.2 Å². The number of nitrogens with zero attached hydrogens (tertiary/aromatic N) is 2. The SMILES string of the molecule is CC(CN(C)C)CN1c2ccccc2Sc2ccccc21.COc1c(-c2ccccc2)oc2c(OC)cccc2c1=O.O=C(O)C(O)C(O)C(=O)O. The predicted octanol–water partition coefficient (Wildman–Crippen LogP) is 5.84. The standard InChI is InChI=1S/C18H22N2S.C17H14O4.C4H6O6/c1-14(12-19(2)3)13-20-15-8-4-6-10-17(15)21-18-11-7-5-9-16(18)20;1-19-13-10-6-9-12-14(18)17(20-2)15(21-16(12)13)11-7-4-3-5-8-11;5-1(3(7)8)2(6)4(9)10/h4-11,14H,12-13H2,1-3H3;3-10H,1-2H3;1-2,5-6H,(H,7,8)(H,9,10). The third kappa shape index (κ3) is 9.50. The minimum atomic E-state index is -2.27. The van der Waals surface area contributed by atoms with Gasteiger partial charge in [0, 0.05) is 28.4 Å². The quantitative estimate of drug-likeness (QED) is 0.135. The third-order valence-corrected chi connectivity index (χ3v) is 8.94. The Bertz CT molecular complexity index is 1970. The van der Waals surface area contributed by atoms with Crippen LogP contribution in [0.3, 0.4) is 0 Å². The number of hydrogen-bond donors (Lipinski definition) is 4. The van der Waals surface area contributed by atoms with Crippen LogP contribution in [0.4, 0.5) is 11.4 Å². The molecule has 6 rings (SSSR count). The second kappa shape index (κ2) is 18.2. The van der Waals surface area contributed by atoms with Gasteiger partial charge < -0.3 is 44.1 Å². The Morgan fingerprint density at radius 2 is 1.33 bits per heavy atom. The highest BCUT2D eigenvalue weighted by Gasteiger charge is 2.29. The molecule has 0 aliphatic carbocycles. The lowest BCUT2D eigenvalue weighted by Gasteiger charge is -2.35. The molecule has 5 aromatic rings. The first-order chi connectivity index (χ1) is 24.9. The molecule has 0 radical (unpaired) electrons. The summed E-state index contributed by atoms with van der Waals surface area (Å²) in [6.45, 7) is 4.48. The highest BCUT2D eigenvalue weighted by molar-refractivity contribution is 7.99. The fourth-order valence-corrected chi connectivity index (χ4v) is 6.64. The van der Waals surface area contributed by atoms with Gasteiger partial charge in [0.2, 0.25) is 11.2 Å². The number of aliphatic carboxylic acids is 2. The van der Waals surface area contributed by atoms with E-state index in [0.29, 0.717) is 28.4 Å². The van der Waals surface area contributed by atoms with Gasteiger partial charge >= 0.3 is 11.9 Å². The van der Waals surface area contributed by atoms with Crippen molar-refractivity contribution in [1.29, 1.82) is 0 Å². The maximum atomic E-state index is 12.6. The van der Waals surface area contributed by atoms with E-state index < -0.39 is 24.1 Å². The molecule has 274 valence electrons. The lowest BCUT2D eigenvalue weighted by Crippen LogP contribution is -2.39. The first-order valence-corrected chi connectivity index (χ1v) is 17.0. The number of carboxylic acids is 2. The van der Waals surface area contributed by atoms with E-state index in [4.69, 9.17) is 34.3 Å². The molecule has 1 aliphatic rings. The molecular formula is C39H42N2O10S. The van der Waals surface area contributed by atoms with E-state index in [9.17, 15) is 14.4 Å². The van der Waals surface area contributed by atoms with Crippen LogP contribution >= 0.6 is 11.8 Å². The average molecular weight is 731 g/mol. The van der Waals surface area contributed by atoms with Crippen LogP contribution < -0.4 is 19.8 Å². The molecule has 52 heavy (non-hydrogen) atoms. The van der Waals surface area contributed by atoms with Crippen LogP contribution in [0.2, 0.25) is 0 Å². The molecule has 3 unspecified atom stereocenters. The van der Waals surface area contributed by atoms with Crippen molar-refractivity contribution in [2.75, 3.05) is 46.3 Å². The van der Waals surface area contributed by atoms with Crippen LogP contribution in [0.1, 0.15) is 6.92 Å². The van der Waals surface area contributed by atoms with Gasteiger partial charge in [0.15, 0.2) is 29.3 Å². The number of methoxy groups -OCH3 is 2. The monoisotopic (exact) mass is 730 g/mol. The maximum absolute atomic E-state index is 12.6. The number of hydrogen-bond acceptors (Lipinski definition) is 11. The lowest BCUT2D eigenvalue weighted by atomic mass is 10.1. The van der Waals surface area contributed by atoms with Crippen LogP contribution in [0, 0.1) is 5.92 Å². The Hall–Kier alpha value is -5.34. The molecule has 0 spiro atoms. The minimum absolute atomic E-state index is 0.196. The van der Waals surface area contributed by atoms with Crippen molar-refractivity contribution in [2.24, 2.45) is 5.92 Å². The van der Waals surface area contributed by atoms with Crippen molar-refractivity contribution in [2.45, 2.75) is 28.9 Å². The molecular weight excluding hydrogens is 689 g/mol. The maximum Gasteiger partial charge on any atom is 0.335 e. The molecule has 0 amide bonds. The number of anilines is 2. The first-order valence-electron chi connectivity index (χ1n) is 16.2. The van der Waals surface area contributed by atoms with Crippen LogP contribution in [0.25, 0.3) is 22.3 Å². The summed E-state index contributed by atoms with van der Waals surface area (Å²) in [5.41, 5.74) is 3.67. The molecule has 13 heteroatoms. The molecule has 1 aromatic heterocycles. The van der Waals surface area contributed by atoms with Gasteiger partial charge in [0.1, 0.15) is 0 Å². The largest absolute Gasteiger partial charge is 0.493 e. The number of ether oxygens (including phenoxy) is 2. The molecule has 0 saturated heterocycles. The van der Waals surface area contributed by atoms with E-state index in [1.54, 1.807) is 25.3 Å². The highest BCUT2D eigenvalue weighted by atomic mass is 32.2. The molecule has 3 atom stereocenters. The summed E-state index contributed by atoms with van der Waals surface area (Å²) in [4.78, 5) is 39.6. The highest BCUT2D eigenvalue weighted by Crippen LogP contribution is 2.48. The number of carboxylic acid groups (broad SMARTS) is 2. The average Bonchev–Trinajstić information content (AvgIpc) is 3.14. The lowest BCUT2D eigenvalue weighted by molar-refractivity contribution is -0.165. The first kappa shape index (κ1) is 39.4. The van der Waals surface area contributed by atoms with Crippen molar-refractivity contribution in [3.8, 4) is 22.8 Å². The minimum Gasteiger partial charge on any atom is -0.493 e. The van der Waals surface area contributed by atoms with Gasteiger partial charge in [-0.25, -0.2) is 9.59 Å². The van der Waals surface area contributed by atoms with Crippen molar-refractivity contribution >= 4 is 46.0 Å². The third-order valence-electron chi connectivity index (χ3n) is 7.81. The second-order valence-corrected chi connectivity index (χ2v) is 13.2. The number of aliphatic hydroxyl groups is 2. The van der Waals surface area contributed by atoms with Crippen molar-refractivity contribution < 1.29 is 43.9 Å². The number of carbonyl (C=O) groups is 2. The molecule has 1 aliphatic heterocycles. The molecule has 2 heterocycles. The zero-order valence-corrected chi connectivity index (χ0v) is 30.2. The van der Waals surface area contributed by atoms with Gasteiger partial charge in [-0.1, -0.05) is 79.3 Å². The van der Waals surface area contributed by atoms with Gasteiger partial charge in [-0.2, -0.15) is 0 Å². The summed E-state index contributed by atoms with van der Waals surface area (Å²) in [6.07, 6.45) is -4.53. The fourth-order valence-electron chi connectivity index (χ4n) is 5.54. The van der Waals surface area contributed by atoms with Gasteiger partial charge in [0.25, 0.3) is 0 Å². The number of benzene rings is 4. The van der Waals surface area contributed by atoms with E-state index in [1.165, 1.54) is 28.3 Å². The van der Waals surface area contributed by atoms with Gasteiger partial charge in [-0.15, -0.1) is 0 Å². The molecule has 0 fully saturated rings. The zero-order chi connectivity index (χ0) is 37.9. The van der Waals surface area contributed by atoms with Crippen LogP contribution in [-0.4, -0.2) is 90.9 Å². The summed E-state index contributed by atoms with van der Waals surface area (Å²) in [5.74, 6) is -1.81. The topological polar surface area (TPSA) is 170 Å². The predicted molar refractivity (Wildman–Crippen MR) is 200 cm³/mol. The summed E-state index contributed by atoms with van der Waals surface area (Å²) < 4.78 is 16.5. The van der Waals surface area contributed by atoms with Gasteiger partial charge in [0.05, 0.1) is 31.0 Å². The van der Waals surface area contributed by atoms with Crippen LogP contribution in [0.5, 0.6) is 11.5 Å². The van der Waals surface area contributed by atoms with E-state index in [2.05, 4.69) is 79.3 Å². The Kier molecular flexibility index (Phi) is 13.8. The fraction of sp³-hybridized carbons (Fsp3) is 0.256. The molecule has 0 saturated carbocycles. The summed E-state index contributed by atoms with van der Waals surface area (Å²) >= 11 is 1.88. The number of fused-ring (bicyclic) bond motifs is 3. The smallest absolute Gasteiger partial charge is 0.335 e. The van der Waals surface area contributed by atoms with Crippen molar-refractivity contribution in [1.82, 2.24) is 4.90 Å². The van der Waals surface area contributed by atoms with E-state index in [1.807, 2.05) is 42.1 Å². The summed E-state index contributed by atoms with van der Waals surface area (Å²) in [7, 11) is 7.29. The molecule has 4 aromatic carbocycles. The second-order valence-electron chi connectivity index (χ2n) is 12.1. The summed E-state index contributed by atoms with van der Waals surface area (Å²) in [5, 5.41) is 33.0. The Balaban J connectivity index is 0.000000187. The van der Waals surface area contributed by atoms with Gasteiger partial charge in [-0.05, 0) is 56.4 Å². The molecule has 4 N–H and O–H groups in total. The van der Waals surface area contributed by atoms with Crippen molar-refractivity contribution in [3.05, 3.63) is 107 Å². The number of rotatable bonds is 10. The normalized spacial score (nSPS) is 13.3. The van der Waals surface area contributed by atoms with E-state index in [0.717, 1.165) is 18.7 Å². The Labute approximate surface area is 305 Å². The van der Waals surface area contributed by atoms with E-state index >= 15 is 0 Å². The Morgan fingerprint density at radius 3 is 1.83 bits per heavy atom. The zero-order valence-electron chi connectivity index (χ0n) is 29.4. The van der Waals surface area contributed by atoms with Crippen LogP contribution in [0.15, 0.2) is 116 Å². The van der Waals surface area contributed by atoms with Crippen LogP contribution in [-0.2, 0) is 9.59 Å². The molecule has 0 bridgehead atoms. The summed E-state index contributed by atoms with van der Waals surface area (Å²) in [6, 6.07) is 32.0.